The van der Waals surface area contributed by atoms with Crippen LogP contribution >= 0.6 is 0 Å². The number of hydrogen-bond acceptors (Lipinski definition) is 4. The normalized spacial score (nSPS) is 12.2. The minimum atomic E-state index is -0.547. The Hall–Kier alpha value is -1.66. The van der Waals surface area contributed by atoms with Crippen LogP contribution in [0.2, 0.25) is 0 Å². The highest BCUT2D eigenvalue weighted by molar-refractivity contribution is 5.92. The lowest BCUT2D eigenvalue weighted by Gasteiger charge is -1.98. The van der Waals surface area contributed by atoms with Crippen LogP contribution in [-0.2, 0) is 9.59 Å². The Morgan fingerprint density at radius 1 is 0.938 bits per heavy atom. The van der Waals surface area contributed by atoms with E-state index < -0.39 is 11.8 Å². The van der Waals surface area contributed by atoms with Crippen LogP contribution in [0.25, 0.3) is 0 Å². The summed E-state index contributed by atoms with van der Waals surface area (Å²) < 4.78 is 0. The minimum absolute atomic E-state index is 0.403. The number of nitrogens with one attached hydrogen (secondary N) is 2. The molecule has 0 fully saturated rings. The summed E-state index contributed by atoms with van der Waals surface area (Å²) in [6.45, 7) is 3.14. The highest BCUT2D eigenvalue weighted by Gasteiger charge is 2.01. The summed E-state index contributed by atoms with van der Waals surface area (Å²) in [6.07, 6.45) is 4.42. The molecule has 0 aromatic heterocycles. The van der Waals surface area contributed by atoms with Crippen LogP contribution in [0.3, 0.4) is 0 Å². The van der Waals surface area contributed by atoms with Crippen LogP contribution in [0.4, 0.5) is 0 Å². The van der Waals surface area contributed by atoms with Crippen molar-refractivity contribution < 1.29 is 20.0 Å². The lowest BCUT2D eigenvalue weighted by atomic mass is 10.1. The molecule has 2 amide bonds. The lowest BCUT2D eigenvalue weighted by Crippen LogP contribution is -2.19. The predicted molar refractivity (Wildman–Crippen MR) is 56.6 cm³/mol. The second-order valence-corrected chi connectivity index (χ2v) is 3.23. The van der Waals surface area contributed by atoms with E-state index in [-0.39, 0.29) is 0 Å². The Bertz CT molecular complexity index is 289. The van der Waals surface area contributed by atoms with Gasteiger partial charge < -0.3 is 0 Å². The predicted octanol–water partition coefficient (Wildman–Crippen LogP) is 0.670. The van der Waals surface area contributed by atoms with Gasteiger partial charge in [-0.25, -0.2) is 11.0 Å². The molecule has 0 bridgehead atoms. The molecule has 6 nitrogen and oxygen atoms in total. The first kappa shape index (κ1) is 14.3. The van der Waals surface area contributed by atoms with Gasteiger partial charge in [0.25, 0.3) is 11.8 Å². The Labute approximate surface area is 93.6 Å². The molecule has 0 aliphatic rings. The third-order valence-electron chi connectivity index (χ3n) is 1.99. The minimum Gasteiger partial charge on any atom is -0.288 e. The zero-order chi connectivity index (χ0) is 12.6. The fraction of sp³-hybridized carbons (Fsp3) is 0.400. The van der Waals surface area contributed by atoms with E-state index in [0.717, 1.165) is 0 Å². The summed E-state index contributed by atoms with van der Waals surface area (Å²) in [5.41, 5.74) is 3.85. The Kier molecular flexibility index (Phi) is 6.82. The molecule has 90 valence electrons. The van der Waals surface area contributed by atoms with Crippen LogP contribution < -0.4 is 11.0 Å². The molecular formula is C10H16N2O4. The van der Waals surface area contributed by atoms with Gasteiger partial charge in [-0.3, -0.25) is 20.0 Å². The van der Waals surface area contributed by atoms with Crippen molar-refractivity contribution in [1.29, 1.82) is 0 Å². The average molecular weight is 228 g/mol. The first-order valence-corrected chi connectivity index (χ1v) is 4.75. The number of carbonyl (C=O) groups excluding carboxylic acids is 2. The second kappa shape index (κ2) is 7.61. The first-order valence-electron chi connectivity index (χ1n) is 4.75. The quantitative estimate of drug-likeness (QED) is 0.240. The number of rotatable bonds is 5. The second-order valence-electron chi connectivity index (χ2n) is 3.23. The third kappa shape index (κ3) is 5.28. The zero-order valence-electron chi connectivity index (χ0n) is 9.28. The van der Waals surface area contributed by atoms with Gasteiger partial charge in [0.15, 0.2) is 0 Å². The molecule has 0 heterocycles. The topological polar surface area (TPSA) is 98.7 Å². The molecule has 0 aliphatic heterocycles. The van der Waals surface area contributed by atoms with Crippen LogP contribution in [-0.4, -0.2) is 22.2 Å². The highest BCUT2D eigenvalue weighted by Crippen LogP contribution is 2.02. The summed E-state index contributed by atoms with van der Waals surface area (Å²) >= 11 is 0. The van der Waals surface area contributed by atoms with Gasteiger partial charge in [-0.1, -0.05) is 12.2 Å². The van der Waals surface area contributed by atoms with E-state index in [9.17, 15) is 9.59 Å². The van der Waals surface area contributed by atoms with Gasteiger partial charge >= 0.3 is 0 Å². The maximum Gasteiger partial charge on any atom is 0.269 e. The molecule has 0 aromatic carbocycles. The summed E-state index contributed by atoms with van der Waals surface area (Å²) in [7, 11) is 0. The molecule has 0 unspecified atom stereocenters. The standard InChI is InChI=1S/C10H16N2O4/c1-7(9(13)11-15)5-3-4-6-8(2)10(14)12-16/h5-6,15-16H,3-4H2,1-2H3,(H,11,13)(H,12,14). The molecule has 0 aliphatic carbocycles. The van der Waals surface area contributed by atoms with Crippen LogP contribution in [0, 0.1) is 0 Å². The van der Waals surface area contributed by atoms with E-state index in [4.69, 9.17) is 10.4 Å². The summed E-state index contributed by atoms with van der Waals surface area (Å²) in [5, 5.41) is 16.6. The van der Waals surface area contributed by atoms with Gasteiger partial charge in [0, 0.05) is 11.1 Å². The molecule has 0 aromatic rings. The number of hydroxylamine groups is 2. The first-order chi connectivity index (χ1) is 7.52. The number of carbonyl (C=O) groups is 2. The monoisotopic (exact) mass is 228 g/mol. The molecule has 4 N–H and O–H groups in total. The van der Waals surface area contributed by atoms with E-state index in [1.807, 2.05) is 0 Å². The van der Waals surface area contributed by atoms with Crippen LogP contribution in [0.1, 0.15) is 26.7 Å². The van der Waals surface area contributed by atoms with Crippen molar-refractivity contribution in [2.75, 3.05) is 0 Å². The van der Waals surface area contributed by atoms with Crippen molar-refractivity contribution in [3.05, 3.63) is 23.3 Å². The van der Waals surface area contributed by atoms with Gasteiger partial charge in [-0.15, -0.1) is 0 Å². The lowest BCUT2D eigenvalue weighted by molar-refractivity contribution is -0.125. The molecule has 6 heteroatoms. The Morgan fingerprint density at radius 3 is 1.50 bits per heavy atom. The van der Waals surface area contributed by atoms with Crippen LogP contribution in [0.15, 0.2) is 23.3 Å². The number of allylic oxidation sites excluding steroid dienone is 2. The Morgan fingerprint density at radius 2 is 1.25 bits per heavy atom. The third-order valence-corrected chi connectivity index (χ3v) is 1.99. The molecule has 16 heavy (non-hydrogen) atoms. The number of unbranched alkanes of at least 4 members (excludes halogenated alkanes) is 1. The number of hydrogen-bond donors (Lipinski definition) is 4. The molecular weight excluding hydrogens is 212 g/mol. The highest BCUT2D eigenvalue weighted by atomic mass is 16.5. The molecule has 0 saturated heterocycles. The van der Waals surface area contributed by atoms with Gasteiger partial charge in [0.2, 0.25) is 0 Å². The van der Waals surface area contributed by atoms with Gasteiger partial charge in [-0.2, -0.15) is 0 Å². The van der Waals surface area contributed by atoms with E-state index in [0.29, 0.717) is 24.0 Å². The van der Waals surface area contributed by atoms with Crippen molar-refractivity contribution in [1.82, 2.24) is 11.0 Å². The summed E-state index contributed by atoms with van der Waals surface area (Å²) in [5.74, 6) is -1.09. The summed E-state index contributed by atoms with van der Waals surface area (Å²) in [4.78, 5) is 21.7. The van der Waals surface area contributed by atoms with Crippen molar-refractivity contribution >= 4 is 11.8 Å². The largest absolute Gasteiger partial charge is 0.288 e. The van der Waals surface area contributed by atoms with Crippen molar-refractivity contribution in [2.24, 2.45) is 0 Å². The van der Waals surface area contributed by atoms with E-state index >= 15 is 0 Å². The fourth-order valence-electron chi connectivity index (χ4n) is 0.961. The summed E-state index contributed by atoms with van der Waals surface area (Å²) in [6, 6.07) is 0. The molecule has 0 saturated carbocycles. The van der Waals surface area contributed by atoms with E-state index in [1.54, 1.807) is 26.0 Å². The maximum absolute atomic E-state index is 10.9. The smallest absolute Gasteiger partial charge is 0.269 e. The molecule has 0 rings (SSSR count). The maximum atomic E-state index is 10.9. The fourth-order valence-corrected chi connectivity index (χ4v) is 0.961. The van der Waals surface area contributed by atoms with E-state index in [2.05, 4.69) is 0 Å². The van der Waals surface area contributed by atoms with Crippen molar-refractivity contribution in [2.45, 2.75) is 26.7 Å². The molecule has 0 spiro atoms. The zero-order valence-corrected chi connectivity index (χ0v) is 9.28. The van der Waals surface area contributed by atoms with Gasteiger partial charge in [-0.05, 0) is 26.7 Å². The SMILES string of the molecule is CC(=CCCC=C(C)C(=O)NO)C(=O)NO. The van der Waals surface area contributed by atoms with Crippen LogP contribution in [0.5, 0.6) is 0 Å². The number of amides is 2. The Balaban J connectivity index is 4.09. The molecule has 0 radical (unpaired) electrons. The van der Waals surface area contributed by atoms with Gasteiger partial charge in [0.05, 0.1) is 0 Å². The van der Waals surface area contributed by atoms with Gasteiger partial charge in [0.1, 0.15) is 0 Å². The molecule has 0 atom stereocenters. The van der Waals surface area contributed by atoms with Crippen molar-refractivity contribution in [3.63, 3.8) is 0 Å². The van der Waals surface area contributed by atoms with E-state index in [1.165, 1.54) is 11.0 Å². The van der Waals surface area contributed by atoms with Crippen molar-refractivity contribution in [3.8, 4) is 0 Å². The average Bonchev–Trinajstić information content (AvgIpc) is 2.31.